The molecular formula is C32H40N6O3. The van der Waals surface area contributed by atoms with Crippen molar-refractivity contribution < 1.29 is 14.4 Å². The second-order valence-electron chi connectivity index (χ2n) is 12.8. The molecule has 4 fully saturated rings. The Labute approximate surface area is 241 Å². The van der Waals surface area contributed by atoms with E-state index in [2.05, 4.69) is 44.3 Å². The molecule has 216 valence electrons. The molecule has 1 spiro atoms. The fourth-order valence-corrected chi connectivity index (χ4v) is 7.91. The Balaban J connectivity index is 0.939. The normalized spacial score (nSPS) is 28.9. The molecule has 7 rings (SSSR count). The highest BCUT2D eigenvalue weighted by Crippen LogP contribution is 2.46. The van der Waals surface area contributed by atoms with E-state index in [9.17, 15) is 14.4 Å². The van der Waals surface area contributed by atoms with E-state index in [0.717, 1.165) is 56.2 Å². The van der Waals surface area contributed by atoms with E-state index in [0.29, 0.717) is 30.0 Å². The summed E-state index contributed by atoms with van der Waals surface area (Å²) < 4.78 is 0. The Morgan fingerprint density at radius 2 is 1.54 bits per heavy atom. The van der Waals surface area contributed by atoms with Crippen LogP contribution in [0.4, 0.5) is 17.1 Å². The van der Waals surface area contributed by atoms with Gasteiger partial charge in [0, 0.05) is 80.9 Å². The van der Waals surface area contributed by atoms with Gasteiger partial charge in [-0.1, -0.05) is 6.07 Å². The number of carbonyl (C=O) groups excluding carboxylic acids is 3. The Kier molecular flexibility index (Phi) is 6.64. The van der Waals surface area contributed by atoms with Crippen molar-refractivity contribution in [2.75, 3.05) is 54.8 Å². The minimum atomic E-state index is -0.568. The lowest BCUT2D eigenvalue weighted by molar-refractivity contribution is -0.136. The maximum Gasteiger partial charge on any atom is 0.255 e. The van der Waals surface area contributed by atoms with Gasteiger partial charge in [0.15, 0.2) is 0 Å². The van der Waals surface area contributed by atoms with Crippen LogP contribution in [0.1, 0.15) is 60.9 Å². The highest BCUT2D eigenvalue weighted by molar-refractivity contribution is 6.05. The lowest BCUT2D eigenvalue weighted by atomic mass is 9.71. The van der Waals surface area contributed by atoms with Gasteiger partial charge in [0.25, 0.3) is 5.91 Å². The maximum atomic E-state index is 13.3. The summed E-state index contributed by atoms with van der Waals surface area (Å²) in [6, 6.07) is 14.6. The van der Waals surface area contributed by atoms with Crippen molar-refractivity contribution in [3.63, 3.8) is 0 Å². The molecule has 1 atom stereocenters. The van der Waals surface area contributed by atoms with Crippen LogP contribution in [-0.2, 0) is 16.1 Å². The van der Waals surface area contributed by atoms with E-state index in [1.54, 1.807) is 4.90 Å². The van der Waals surface area contributed by atoms with E-state index in [1.807, 2.05) is 18.2 Å². The molecule has 2 aromatic carbocycles. The van der Waals surface area contributed by atoms with E-state index in [1.165, 1.54) is 37.8 Å². The molecule has 5 aliphatic rings. The summed E-state index contributed by atoms with van der Waals surface area (Å²) in [5, 5.41) is 2.39. The number of imide groups is 1. The van der Waals surface area contributed by atoms with E-state index >= 15 is 0 Å². The third-order valence-electron chi connectivity index (χ3n) is 10.4. The summed E-state index contributed by atoms with van der Waals surface area (Å²) in [5.41, 5.74) is 11.1. The molecule has 4 aliphatic heterocycles. The number of amides is 3. The van der Waals surface area contributed by atoms with Crippen LogP contribution in [0, 0.1) is 5.41 Å². The number of nitrogens with two attached hydrogens (primary N) is 1. The van der Waals surface area contributed by atoms with Gasteiger partial charge in [0.2, 0.25) is 11.8 Å². The standard InChI is InChI=1S/C32H40N6O3/c33-23-2-5-24(6-3-23)35-15-17-36(18-16-35)25-9-11-32(12-10-25)13-14-37(21-32)26-4-1-22-20-38(31(41)27(22)19-26)28-7-8-29(39)34-30(28)40/h1-6,19,25,28H,7-18,20-21,33H2,(H,34,39,40). The van der Waals surface area contributed by atoms with Crippen molar-refractivity contribution in [1.82, 2.24) is 15.1 Å². The van der Waals surface area contributed by atoms with Gasteiger partial charge in [-0.3, -0.25) is 24.6 Å². The molecule has 2 aromatic rings. The van der Waals surface area contributed by atoms with E-state index in [4.69, 9.17) is 5.73 Å². The number of fused-ring (bicyclic) bond motifs is 1. The largest absolute Gasteiger partial charge is 0.399 e. The van der Waals surface area contributed by atoms with Crippen molar-refractivity contribution in [3.05, 3.63) is 53.6 Å². The Bertz CT molecular complexity index is 1340. The summed E-state index contributed by atoms with van der Waals surface area (Å²) in [7, 11) is 0. The zero-order valence-corrected chi connectivity index (χ0v) is 23.7. The number of carbonyl (C=O) groups is 3. The molecule has 41 heavy (non-hydrogen) atoms. The van der Waals surface area contributed by atoms with Gasteiger partial charge in [-0.05, 0) is 85.9 Å². The van der Waals surface area contributed by atoms with Crippen LogP contribution in [0.5, 0.6) is 0 Å². The fourth-order valence-electron chi connectivity index (χ4n) is 7.91. The third kappa shape index (κ3) is 4.94. The summed E-state index contributed by atoms with van der Waals surface area (Å²) in [6.45, 7) is 6.87. The van der Waals surface area contributed by atoms with Crippen molar-refractivity contribution >= 4 is 34.8 Å². The zero-order valence-electron chi connectivity index (χ0n) is 23.7. The first-order valence-electron chi connectivity index (χ1n) is 15.2. The fraction of sp³-hybridized carbons (Fsp3) is 0.531. The number of anilines is 3. The molecule has 9 nitrogen and oxygen atoms in total. The number of nitrogens with zero attached hydrogens (tertiary/aromatic N) is 4. The Morgan fingerprint density at radius 3 is 2.27 bits per heavy atom. The molecular weight excluding hydrogens is 516 g/mol. The first-order chi connectivity index (χ1) is 19.9. The molecule has 3 saturated heterocycles. The molecule has 0 radical (unpaired) electrons. The number of benzene rings is 2. The van der Waals surface area contributed by atoms with Gasteiger partial charge >= 0.3 is 0 Å². The minimum absolute atomic E-state index is 0.0951. The van der Waals surface area contributed by atoms with Crippen molar-refractivity contribution in [2.45, 2.75) is 63.6 Å². The van der Waals surface area contributed by atoms with Crippen LogP contribution in [-0.4, -0.2) is 78.9 Å². The number of hydrogen-bond donors (Lipinski definition) is 2. The van der Waals surface area contributed by atoms with Gasteiger partial charge in [-0.2, -0.15) is 0 Å². The lowest BCUT2D eigenvalue weighted by Gasteiger charge is -2.45. The average Bonchev–Trinajstić information content (AvgIpc) is 3.55. The smallest absolute Gasteiger partial charge is 0.255 e. The van der Waals surface area contributed by atoms with Gasteiger partial charge in [-0.15, -0.1) is 0 Å². The predicted octanol–water partition coefficient (Wildman–Crippen LogP) is 2.99. The van der Waals surface area contributed by atoms with E-state index in [-0.39, 0.29) is 24.1 Å². The summed E-state index contributed by atoms with van der Waals surface area (Å²) in [6.07, 6.45) is 6.93. The van der Waals surface area contributed by atoms with Gasteiger partial charge in [0.1, 0.15) is 6.04 Å². The molecule has 1 aliphatic carbocycles. The lowest BCUT2D eigenvalue weighted by Crippen LogP contribution is -2.52. The van der Waals surface area contributed by atoms with Crippen LogP contribution in [0.25, 0.3) is 0 Å². The maximum absolute atomic E-state index is 13.3. The molecule has 3 N–H and O–H groups in total. The molecule has 1 saturated carbocycles. The Hall–Kier alpha value is -3.59. The quantitative estimate of drug-likeness (QED) is 0.441. The number of rotatable bonds is 4. The van der Waals surface area contributed by atoms with Crippen LogP contribution >= 0.6 is 0 Å². The number of hydrogen-bond acceptors (Lipinski definition) is 7. The summed E-state index contributed by atoms with van der Waals surface area (Å²) >= 11 is 0. The minimum Gasteiger partial charge on any atom is -0.399 e. The van der Waals surface area contributed by atoms with E-state index < -0.39 is 6.04 Å². The first kappa shape index (κ1) is 26.3. The number of nitrogen functional groups attached to an aromatic ring is 1. The van der Waals surface area contributed by atoms with Gasteiger partial charge in [0.05, 0.1) is 0 Å². The molecule has 9 heteroatoms. The topological polar surface area (TPSA) is 102 Å². The third-order valence-corrected chi connectivity index (χ3v) is 10.4. The number of piperidine rings is 1. The van der Waals surface area contributed by atoms with Gasteiger partial charge < -0.3 is 20.4 Å². The second kappa shape index (κ2) is 10.4. The SMILES string of the molecule is Nc1ccc(N2CCN(C3CCC4(CC3)CCN(c3ccc5c(c3)C(=O)N(C3CCC(=O)NC3=O)C5)C4)CC2)cc1. The molecule has 0 bridgehead atoms. The Morgan fingerprint density at radius 1 is 0.805 bits per heavy atom. The molecule has 4 heterocycles. The first-order valence-corrected chi connectivity index (χ1v) is 15.2. The summed E-state index contributed by atoms with van der Waals surface area (Å²) in [4.78, 5) is 46.6. The van der Waals surface area contributed by atoms with Crippen LogP contribution in [0.2, 0.25) is 0 Å². The zero-order chi connectivity index (χ0) is 28.1. The van der Waals surface area contributed by atoms with Crippen LogP contribution in [0.3, 0.4) is 0 Å². The monoisotopic (exact) mass is 556 g/mol. The van der Waals surface area contributed by atoms with Crippen molar-refractivity contribution in [1.29, 1.82) is 0 Å². The van der Waals surface area contributed by atoms with Gasteiger partial charge in [-0.25, -0.2) is 0 Å². The molecule has 0 aromatic heterocycles. The van der Waals surface area contributed by atoms with Crippen molar-refractivity contribution in [2.24, 2.45) is 5.41 Å². The predicted molar refractivity (Wildman–Crippen MR) is 159 cm³/mol. The second-order valence-corrected chi connectivity index (χ2v) is 12.8. The number of piperazine rings is 1. The van der Waals surface area contributed by atoms with Crippen LogP contribution in [0.15, 0.2) is 42.5 Å². The summed E-state index contributed by atoms with van der Waals surface area (Å²) in [5.74, 6) is -0.711. The van der Waals surface area contributed by atoms with Crippen LogP contribution < -0.4 is 20.9 Å². The molecule has 3 amide bonds. The molecule has 1 unspecified atom stereocenters. The highest BCUT2D eigenvalue weighted by atomic mass is 16.2. The average molecular weight is 557 g/mol. The highest BCUT2D eigenvalue weighted by Gasteiger charge is 2.43. The van der Waals surface area contributed by atoms with Crippen molar-refractivity contribution in [3.8, 4) is 0 Å². The number of nitrogens with one attached hydrogen (secondary N) is 1.